The Morgan fingerprint density at radius 2 is 2.16 bits per heavy atom. The second-order valence-electron chi connectivity index (χ2n) is 5.49. The monoisotopic (exact) mass is 262 g/mol. The van der Waals surface area contributed by atoms with E-state index in [4.69, 9.17) is 5.73 Å². The number of nitrogen functional groups attached to an aromatic ring is 1. The molecule has 6 heteroatoms. The van der Waals surface area contributed by atoms with Gasteiger partial charge in [-0.1, -0.05) is 6.92 Å². The normalized spacial score (nSPS) is 21.3. The van der Waals surface area contributed by atoms with Gasteiger partial charge in [0.2, 0.25) is 5.95 Å². The van der Waals surface area contributed by atoms with Crippen LogP contribution in [-0.2, 0) is 13.5 Å². The van der Waals surface area contributed by atoms with Gasteiger partial charge < -0.3 is 10.6 Å². The number of nitrogens with two attached hydrogens (primary N) is 1. The average Bonchev–Trinajstić information content (AvgIpc) is 2.86. The maximum atomic E-state index is 6.16. The minimum atomic E-state index is 0.406. The molecule has 1 aliphatic rings. The van der Waals surface area contributed by atoms with Crippen molar-refractivity contribution in [2.45, 2.75) is 32.2 Å². The standard InChI is InChI=1S/C13H22N6/c1-4-10-11-12(18(3)16-10)19(13(14)15-11)9-6-5-7-17(2)8-9/h9H,4-8H2,1-3H3,(H2,14,15). The molecule has 2 N–H and O–H groups in total. The number of nitrogens with zero attached hydrogens (tertiary/aromatic N) is 5. The molecule has 0 amide bonds. The summed E-state index contributed by atoms with van der Waals surface area (Å²) >= 11 is 0. The number of aromatic nitrogens is 4. The molecular formula is C13H22N6. The number of hydrogen-bond acceptors (Lipinski definition) is 4. The third-order valence-electron chi connectivity index (χ3n) is 4.06. The summed E-state index contributed by atoms with van der Waals surface area (Å²) in [5.74, 6) is 0.623. The Kier molecular flexibility index (Phi) is 2.97. The molecule has 6 nitrogen and oxygen atoms in total. The van der Waals surface area contributed by atoms with Crippen LogP contribution in [-0.4, -0.2) is 44.4 Å². The molecule has 0 aromatic carbocycles. The first-order valence-corrected chi connectivity index (χ1v) is 6.99. The highest BCUT2D eigenvalue weighted by Crippen LogP contribution is 2.29. The van der Waals surface area contributed by atoms with Gasteiger partial charge >= 0.3 is 0 Å². The number of rotatable bonds is 2. The van der Waals surface area contributed by atoms with Crippen molar-refractivity contribution < 1.29 is 0 Å². The molecule has 2 aromatic heterocycles. The molecule has 3 rings (SSSR count). The van der Waals surface area contributed by atoms with Crippen LogP contribution < -0.4 is 5.73 Å². The molecule has 1 aliphatic heterocycles. The molecule has 0 aliphatic carbocycles. The lowest BCUT2D eigenvalue weighted by Gasteiger charge is -2.31. The molecule has 104 valence electrons. The SMILES string of the molecule is CCc1nn(C)c2c1nc(N)n2C1CCCN(C)C1. The fourth-order valence-corrected chi connectivity index (χ4v) is 3.17. The lowest BCUT2D eigenvalue weighted by Crippen LogP contribution is -2.34. The molecule has 1 unspecified atom stereocenters. The van der Waals surface area contributed by atoms with E-state index in [1.807, 2.05) is 11.7 Å². The quantitative estimate of drug-likeness (QED) is 0.882. The third-order valence-corrected chi connectivity index (χ3v) is 4.06. The van der Waals surface area contributed by atoms with Gasteiger partial charge in [-0.25, -0.2) is 4.98 Å². The Morgan fingerprint density at radius 1 is 1.37 bits per heavy atom. The molecule has 0 radical (unpaired) electrons. The number of piperidine rings is 1. The van der Waals surface area contributed by atoms with Crippen molar-refractivity contribution in [3.63, 3.8) is 0 Å². The van der Waals surface area contributed by atoms with Crippen LogP contribution in [0.2, 0.25) is 0 Å². The topological polar surface area (TPSA) is 64.9 Å². The molecule has 0 bridgehead atoms. The summed E-state index contributed by atoms with van der Waals surface area (Å²) in [4.78, 5) is 6.90. The Morgan fingerprint density at radius 3 is 2.84 bits per heavy atom. The Hall–Kier alpha value is -1.56. The number of fused-ring (bicyclic) bond motifs is 1. The highest BCUT2D eigenvalue weighted by molar-refractivity contribution is 5.78. The van der Waals surface area contributed by atoms with Gasteiger partial charge in [-0.3, -0.25) is 9.25 Å². The van der Waals surface area contributed by atoms with Crippen molar-refractivity contribution in [2.24, 2.45) is 7.05 Å². The molecule has 0 saturated carbocycles. The highest BCUT2D eigenvalue weighted by atomic mass is 15.4. The van der Waals surface area contributed by atoms with E-state index < -0.39 is 0 Å². The first-order chi connectivity index (χ1) is 9.11. The second-order valence-corrected chi connectivity index (χ2v) is 5.49. The van der Waals surface area contributed by atoms with Gasteiger partial charge in [-0.05, 0) is 32.9 Å². The molecule has 2 aromatic rings. The number of aryl methyl sites for hydroxylation is 2. The summed E-state index contributed by atoms with van der Waals surface area (Å²) in [6.45, 7) is 4.30. The molecule has 3 heterocycles. The van der Waals surface area contributed by atoms with Gasteiger partial charge in [-0.2, -0.15) is 5.10 Å². The van der Waals surface area contributed by atoms with Crippen molar-refractivity contribution >= 4 is 17.1 Å². The third kappa shape index (κ3) is 1.90. The van der Waals surface area contributed by atoms with E-state index in [9.17, 15) is 0 Å². The number of imidazole rings is 1. The Bertz CT molecular complexity index is 596. The lowest BCUT2D eigenvalue weighted by atomic mass is 10.1. The predicted octanol–water partition coefficient (Wildman–Crippen LogP) is 1.18. The number of hydrogen-bond donors (Lipinski definition) is 1. The largest absolute Gasteiger partial charge is 0.369 e. The zero-order valence-corrected chi connectivity index (χ0v) is 11.9. The summed E-state index contributed by atoms with van der Waals surface area (Å²) in [6, 6.07) is 0.406. The maximum Gasteiger partial charge on any atom is 0.202 e. The van der Waals surface area contributed by atoms with Gasteiger partial charge in [0.15, 0.2) is 5.65 Å². The number of anilines is 1. The van der Waals surface area contributed by atoms with E-state index in [-0.39, 0.29) is 0 Å². The molecule has 0 spiro atoms. The van der Waals surface area contributed by atoms with Crippen molar-refractivity contribution in [1.82, 2.24) is 24.2 Å². The molecule has 19 heavy (non-hydrogen) atoms. The Balaban J connectivity index is 2.12. The van der Waals surface area contributed by atoms with Crippen LogP contribution in [0.25, 0.3) is 11.2 Å². The average molecular weight is 262 g/mol. The number of likely N-dealkylation sites (N-methyl/N-ethyl adjacent to an activating group) is 1. The molecule has 1 atom stereocenters. The van der Waals surface area contributed by atoms with E-state index in [1.54, 1.807) is 0 Å². The van der Waals surface area contributed by atoms with Crippen LogP contribution >= 0.6 is 0 Å². The zero-order valence-electron chi connectivity index (χ0n) is 11.9. The first kappa shape index (κ1) is 12.5. The smallest absolute Gasteiger partial charge is 0.202 e. The second kappa shape index (κ2) is 4.52. The molecular weight excluding hydrogens is 240 g/mol. The van der Waals surface area contributed by atoms with Crippen molar-refractivity contribution in [2.75, 3.05) is 25.9 Å². The van der Waals surface area contributed by atoms with Crippen LogP contribution in [0.1, 0.15) is 31.5 Å². The zero-order chi connectivity index (χ0) is 13.6. The summed E-state index contributed by atoms with van der Waals surface area (Å²) in [5.41, 5.74) is 9.23. The summed E-state index contributed by atoms with van der Waals surface area (Å²) in [5, 5.41) is 4.55. The highest BCUT2D eigenvalue weighted by Gasteiger charge is 2.25. The summed E-state index contributed by atoms with van der Waals surface area (Å²) in [6.07, 6.45) is 3.25. The molecule has 1 fully saturated rings. The van der Waals surface area contributed by atoms with E-state index in [0.29, 0.717) is 12.0 Å². The molecule has 1 saturated heterocycles. The predicted molar refractivity (Wildman–Crippen MR) is 76.1 cm³/mol. The van der Waals surface area contributed by atoms with E-state index in [2.05, 4.69) is 33.5 Å². The van der Waals surface area contributed by atoms with Gasteiger partial charge in [0.1, 0.15) is 5.52 Å². The van der Waals surface area contributed by atoms with Gasteiger partial charge in [0.25, 0.3) is 0 Å². The van der Waals surface area contributed by atoms with E-state index in [1.165, 1.54) is 13.0 Å². The maximum absolute atomic E-state index is 6.16. The lowest BCUT2D eigenvalue weighted by molar-refractivity contribution is 0.215. The van der Waals surface area contributed by atoms with Crippen LogP contribution in [0.15, 0.2) is 0 Å². The van der Waals surface area contributed by atoms with Crippen molar-refractivity contribution in [3.05, 3.63) is 5.69 Å². The minimum absolute atomic E-state index is 0.406. The fraction of sp³-hybridized carbons (Fsp3) is 0.692. The first-order valence-electron chi connectivity index (χ1n) is 6.99. The number of likely N-dealkylation sites (tertiary alicyclic amines) is 1. The summed E-state index contributed by atoms with van der Waals surface area (Å²) in [7, 11) is 4.14. The fourth-order valence-electron chi connectivity index (χ4n) is 3.17. The van der Waals surface area contributed by atoms with Gasteiger partial charge in [-0.15, -0.1) is 0 Å². The Labute approximate surface area is 113 Å². The van der Waals surface area contributed by atoms with Crippen LogP contribution in [0, 0.1) is 0 Å². The summed E-state index contributed by atoms with van der Waals surface area (Å²) < 4.78 is 4.10. The minimum Gasteiger partial charge on any atom is -0.369 e. The van der Waals surface area contributed by atoms with Crippen LogP contribution in [0.3, 0.4) is 0 Å². The van der Waals surface area contributed by atoms with Crippen molar-refractivity contribution in [1.29, 1.82) is 0 Å². The van der Waals surface area contributed by atoms with E-state index in [0.717, 1.165) is 36.2 Å². The van der Waals surface area contributed by atoms with Crippen LogP contribution in [0.4, 0.5) is 5.95 Å². The van der Waals surface area contributed by atoms with E-state index >= 15 is 0 Å². The van der Waals surface area contributed by atoms with Crippen LogP contribution in [0.5, 0.6) is 0 Å². The van der Waals surface area contributed by atoms with Gasteiger partial charge in [0, 0.05) is 13.6 Å². The van der Waals surface area contributed by atoms with Gasteiger partial charge in [0.05, 0.1) is 11.7 Å². The van der Waals surface area contributed by atoms with Crippen molar-refractivity contribution in [3.8, 4) is 0 Å².